The molecule has 20 heavy (non-hydrogen) atoms. The Labute approximate surface area is 125 Å². The Morgan fingerprint density at radius 2 is 1.30 bits per heavy atom. The van der Waals surface area contributed by atoms with Gasteiger partial charge in [-0.25, -0.2) is 0 Å². The molecular formula is C16H32O3Si. The van der Waals surface area contributed by atoms with Gasteiger partial charge in [-0.05, 0) is 57.3 Å². The molecule has 0 heterocycles. The van der Waals surface area contributed by atoms with Gasteiger partial charge >= 0.3 is 8.80 Å². The van der Waals surface area contributed by atoms with Gasteiger partial charge in [0.1, 0.15) is 0 Å². The van der Waals surface area contributed by atoms with Crippen LogP contribution in [0.25, 0.3) is 0 Å². The van der Waals surface area contributed by atoms with Crippen LogP contribution in [0.5, 0.6) is 0 Å². The number of hydrogen-bond donors (Lipinski definition) is 0. The fraction of sp³-hybridized carbons (Fsp3) is 1.00. The van der Waals surface area contributed by atoms with Gasteiger partial charge in [0.05, 0.1) is 0 Å². The molecule has 2 bridgehead atoms. The van der Waals surface area contributed by atoms with Crippen molar-refractivity contribution in [2.24, 2.45) is 5.92 Å². The molecule has 2 aliphatic rings. The highest BCUT2D eigenvalue weighted by Gasteiger charge is 2.65. The second kappa shape index (κ2) is 7.39. The fourth-order valence-electron chi connectivity index (χ4n) is 3.92. The van der Waals surface area contributed by atoms with Gasteiger partial charge in [-0.2, -0.15) is 0 Å². The molecule has 2 aliphatic carbocycles. The number of fused-ring (bicyclic) bond motifs is 2. The maximum absolute atomic E-state index is 6.38. The summed E-state index contributed by atoms with van der Waals surface area (Å²) in [5, 5.41) is 0.247. The van der Waals surface area contributed by atoms with Gasteiger partial charge in [0.2, 0.25) is 0 Å². The summed E-state index contributed by atoms with van der Waals surface area (Å²) in [4.78, 5) is 0. The van der Waals surface area contributed by atoms with Crippen molar-refractivity contribution in [1.82, 2.24) is 0 Å². The molecule has 0 aromatic carbocycles. The fourth-order valence-corrected chi connectivity index (χ4v) is 7.94. The van der Waals surface area contributed by atoms with Crippen molar-refractivity contribution in [2.45, 2.75) is 77.2 Å². The normalized spacial score (nSPS) is 29.2. The highest BCUT2D eigenvalue weighted by molar-refractivity contribution is 6.64. The standard InChI is InChI=1S/C16H32O3Si/c1-4-11-17-20(18-12-5-2,19-13-6-3)16-9-7-15(14-16)8-10-16/h15H,4-14H2,1-3H3. The van der Waals surface area contributed by atoms with Crippen LogP contribution in [-0.2, 0) is 13.3 Å². The number of rotatable bonds is 10. The van der Waals surface area contributed by atoms with Gasteiger partial charge in [0.15, 0.2) is 0 Å². The minimum atomic E-state index is -2.53. The van der Waals surface area contributed by atoms with E-state index in [9.17, 15) is 0 Å². The quantitative estimate of drug-likeness (QED) is 0.554. The minimum absolute atomic E-state index is 0.247. The molecule has 0 amide bonds. The molecule has 2 fully saturated rings. The van der Waals surface area contributed by atoms with Crippen LogP contribution >= 0.6 is 0 Å². The lowest BCUT2D eigenvalue weighted by molar-refractivity contribution is 0.0329. The van der Waals surface area contributed by atoms with E-state index >= 15 is 0 Å². The predicted octanol–water partition coefficient (Wildman–Crippen LogP) is 4.54. The Balaban J connectivity index is 2.18. The van der Waals surface area contributed by atoms with E-state index in [1.54, 1.807) is 0 Å². The summed E-state index contributed by atoms with van der Waals surface area (Å²) < 4.78 is 19.1. The molecule has 3 nitrogen and oxygen atoms in total. The molecule has 4 heteroatoms. The van der Waals surface area contributed by atoms with E-state index in [2.05, 4.69) is 20.8 Å². The average molecular weight is 301 g/mol. The summed E-state index contributed by atoms with van der Waals surface area (Å²) in [6.07, 6.45) is 9.65. The van der Waals surface area contributed by atoms with Crippen LogP contribution in [0.4, 0.5) is 0 Å². The van der Waals surface area contributed by atoms with Gasteiger partial charge in [-0.15, -0.1) is 0 Å². The Morgan fingerprint density at radius 3 is 1.60 bits per heavy atom. The Kier molecular flexibility index (Phi) is 6.08. The first kappa shape index (κ1) is 16.5. The lowest BCUT2D eigenvalue weighted by atomic mass is 10.0. The molecule has 0 aromatic rings. The van der Waals surface area contributed by atoms with Gasteiger partial charge in [0, 0.05) is 24.9 Å². The smallest absolute Gasteiger partial charge is 0.373 e. The van der Waals surface area contributed by atoms with Crippen molar-refractivity contribution >= 4 is 8.80 Å². The second-order valence-corrected chi connectivity index (χ2v) is 9.57. The predicted molar refractivity (Wildman–Crippen MR) is 83.8 cm³/mol. The summed E-state index contributed by atoms with van der Waals surface area (Å²) >= 11 is 0. The summed E-state index contributed by atoms with van der Waals surface area (Å²) in [5.41, 5.74) is 0. The molecule has 0 radical (unpaired) electrons. The van der Waals surface area contributed by atoms with E-state index in [4.69, 9.17) is 13.3 Å². The summed E-state index contributed by atoms with van der Waals surface area (Å²) in [5.74, 6) is 0.905. The van der Waals surface area contributed by atoms with E-state index in [1.165, 1.54) is 32.1 Å². The van der Waals surface area contributed by atoms with E-state index < -0.39 is 8.80 Å². The first-order chi connectivity index (χ1) is 9.72. The maximum atomic E-state index is 6.38. The molecule has 2 rings (SSSR count). The molecule has 0 aromatic heterocycles. The van der Waals surface area contributed by atoms with Gasteiger partial charge < -0.3 is 13.3 Å². The summed E-state index contributed by atoms with van der Waals surface area (Å²) in [7, 11) is -2.53. The molecular weight excluding hydrogens is 268 g/mol. The van der Waals surface area contributed by atoms with Crippen LogP contribution in [0, 0.1) is 5.92 Å². The zero-order chi connectivity index (χ0) is 14.5. The van der Waals surface area contributed by atoms with Gasteiger partial charge in [0.25, 0.3) is 0 Å². The molecule has 0 N–H and O–H groups in total. The lowest BCUT2D eigenvalue weighted by Gasteiger charge is -2.42. The topological polar surface area (TPSA) is 27.7 Å². The highest BCUT2D eigenvalue weighted by Crippen LogP contribution is 2.65. The van der Waals surface area contributed by atoms with Crippen LogP contribution in [0.1, 0.15) is 72.1 Å². The SMILES string of the molecule is CCCO[Si](OCCC)(OCCC)C12CCC(CC1)C2. The Bertz CT molecular complexity index is 266. The van der Waals surface area contributed by atoms with Crippen molar-refractivity contribution in [3.8, 4) is 0 Å². The first-order valence-corrected chi connectivity index (χ1v) is 10.4. The largest absolute Gasteiger partial charge is 0.507 e. The third-order valence-electron chi connectivity index (χ3n) is 4.88. The monoisotopic (exact) mass is 300 g/mol. The van der Waals surface area contributed by atoms with Crippen molar-refractivity contribution in [3.63, 3.8) is 0 Å². The van der Waals surface area contributed by atoms with E-state index in [0.717, 1.165) is 45.0 Å². The van der Waals surface area contributed by atoms with Crippen LogP contribution in [0.15, 0.2) is 0 Å². The minimum Gasteiger partial charge on any atom is -0.373 e. The Morgan fingerprint density at radius 1 is 0.850 bits per heavy atom. The molecule has 0 unspecified atom stereocenters. The van der Waals surface area contributed by atoms with E-state index in [1.807, 2.05) is 0 Å². The van der Waals surface area contributed by atoms with E-state index in [0.29, 0.717) is 0 Å². The summed E-state index contributed by atoms with van der Waals surface area (Å²) in [6, 6.07) is 0. The second-order valence-electron chi connectivity index (χ2n) is 6.53. The van der Waals surface area contributed by atoms with Crippen molar-refractivity contribution in [1.29, 1.82) is 0 Å². The molecule has 0 atom stereocenters. The Hall–Kier alpha value is 0.0969. The average Bonchev–Trinajstić information content (AvgIpc) is 3.09. The molecule has 0 aliphatic heterocycles. The molecule has 0 saturated heterocycles. The first-order valence-electron chi connectivity index (χ1n) is 8.64. The lowest BCUT2D eigenvalue weighted by Crippen LogP contribution is -2.55. The molecule has 0 spiro atoms. The zero-order valence-electron chi connectivity index (χ0n) is 13.6. The van der Waals surface area contributed by atoms with Gasteiger partial charge in [-0.1, -0.05) is 20.8 Å². The summed E-state index contributed by atoms with van der Waals surface area (Å²) in [6.45, 7) is 8.86. The zero-order valence-corrected chi connectivity index (χ0v) is 14.6. The van der Waals surface area contributed by atoms with Gasteiger partial charge in [-0.3, -0.25) is 0 Å². The van der Waals surface area contributed by atoms with Crippen LogP contribution in [0.3, 0.4) is 0 Å². The maximum Gasteiger partial charge on any atom is 0.507 e. The molecule has 2 saturated carbocycles. The van der Waals surface area contributed by atoms with Crippen molar-refractivity contribution in [2.75, 3.05) is 19.8 Å². The van der Waals surface area contributed by atoms with Crippen LogP contribution < -0.4 is 0 Å². The van der Waals surface area contributed by atoms with Crippen molar-refractivity contribution < 1.29 is 13.3 Å². The third kappa shape index (κ3) is 3.13. The number of hydrogen-bond acceptors (Lipinski definition) is 3. The third-order valence-corrected chi connectivity index (χ3v) is 8.64. The molecule has 118 valence electrons. The van der Waals surface area contributed by atoms with Crippen LogP contribution in [0.2, 0.25) is 5.04 Å². The van der Waals surface area contributed by atoms with Crippen molar-refractivity contribution in [3.05, 3.63) is 0 Å². The van der Waals surface area contributed by atoms with Crippen LogP contribution in [-0.4, -0.2) is 28.6 Å². The van der Waals surface area contributed by atoms with E-state index in [-0.39, 0.29) is 5.04 Å². The highest BCUT2D eigenvalue weighted by atomic mass is 28.4.